The van der Waals surface area contributed by atoms with Gasteiger partial charge in [-0.15, -0.1) is 0 Å². The minimum Gasteiger partial charge on any atom is -0.269 e. The standard InChI is InChI=1S/C14H34N4/c1-3-17(15)13-11-9-7-5-6-8-10-12-14-18(16)4-2/h3-16H2,1-2H3. The summed E-state index contributed by atoms with van der Waals surface area (Å²) in [5.41, 5.74) is 0. The average Bonchev–Trinajstić information content (AvgIpc) is 2.40. The first-order valence-electron chi connectivity index (χ1n) is 7.70. The van der Waals surface area contributed by atoms with Crippen LogP contribution >= 0.6 is 0 Å². The molecule has 0 aromatic heterocycles. The molecule has 4 nitrogen and oxygen atoms in total. The molecule has 0 aromatic carbocycles. The van der Waals surface area contributed by atoms with Crippen LogP contribution in [0.4, 0.5) is 0 Å². The summed E-state index contributed by atoms with van der Waals surface area (Å²) in [4.78, 5) is 0. The predicted octanol–water partition coefficient (Wildman–Crippen LogP) is 2.50. The SMILES string of the molecule is CCN(N)CCCCCCCCCCN(N)CC. The fourth-order valence-corrected chi connectivity index (χ4v) is 2.01. The molecule has 4 N–H and O–H groups in total. The molecule has 0 spiro atoms. The van der Waals surface area contributed by atoms with Gasteiger partial charge in [-0.2, -0.15) is 0 Å². The van der Waals surface area contributed by atoms with Crippen LogP contribution in [0.15, 0.2) is 0 Å². The Morgan fingerprint density at radius 3 is 1.11 bits per heavy atom. The molecule has 0 unspecified atom stereocenters. The van der Waals surface area contributed by atoms with Crippen molar-refractivity contribution in [3.05, 3.63) is 0 Å². The molecule has 0 aliphatic rings. The van der Waals surface area contributed by atoms with Crippen molar-refractivity contribution in [3.8, 4) is 0 Å². The van der Waals surface area contributed by atoms with E-state index in [1.165, 1.54) is 51.4 Å². The van der Waals surface area contributed by atoms with Crippen LogP contribution in [0.3, 0.4) is 0 Å². The zero-order valence-corrected chi connectivity index (χ0v) is 12.5. The van der Waals surface area contributed by atoms with Crippen molar-refractivity contribution in [2.75, 3.05) is 26.2 Å². The van der Waals surface area contributed by atoms with E-state index in [0.717, 1.165) is 26.2 Å². The number of nitrogens with two attached hydrogens (primary N) is 2. The summed E-state index contributed by atoms with van der Waals surface area (Å²) < 4.78 is 0. The number of hydrazine groups is 2. The van der Waals surface area contributed by atoms with Crippen LogP contribution in [0.25, 0.3) is 0 Å². The summed E-state index contributed by atoms with van der Waals surface area (Å²) in [6.45, 7) is 8.19. The summed E-state index contributed by atoms with van der Waals surface area (Å²) in [5, 5.41) is 3.79. The normalized spacial score (nSPS) is 11.7. The van der Waals surface area contributed by atoms with Gasteiger partial charge in [-0.25, -0.2) is 10.0 Å². The molecule has 0 aromatic rings. The van der Waals surface area contributed by atoms with Gasteiger partial charge in [-0.3, -0.25) is 11.7 Å². The fraction of sp³-hybridized carbons (Fsp3) is 1.00. The molecule has 0 amide bonds. The lowest BCUT2D eigenvalue weighted by Crippen LogP contribution is -2.31. The van der Waals surface area contributed by atoms with Crippen molar-refractivity contribution >= 4 is 0 Å². The molecule has 0 saturated carbocycles. The molecule has 0 heterocycles. The van der Waals surface area contributed by atoms with Gasteiger partial charge in [0.25, 0.3) is 0 Å². The first-order valence-corrected chi connectivity index (χ1v) is 7.70. The molecule has 0 fully saturated rings. The van der Waals surface area contributed by atoms with Crippen molar-refractivity contribution in [3.63, 3.8) is 0 Å². The number of rotatable bonds is 13. The van der Waals surface area contributed by atoms with Crippen molar-refractivity contribution in [2.24, 2.45) is 11.7 Å². The third-order valence-corrected chi connectivity index (χ3v) is 3.45. The van der Waals surface area contributed by atoms with E-state index in [-0.39, 0.29) is 0 Å². The van der Waals surface area contributed by atoms with Crippen LogP contribution in [-0.4, -0.2) is 36.2 Å². The first kappa shape index (κ1) is 17.8. The van der Waals surface area contributed by atoms with Gasteiger partial charge in [0, 0.05) is 26.2 Å². The highest BCUT2D eigenvalue weighted by Gasteiger charge is 1.97. The van der Waals surface area contributed by atoms with Crippen molar-refractivity contribution in [1.82, 2.24) is 10.0 Å². The van der Waals surface area contributed by atoms with E-state index in [9.17, 15) is 0 Å². The summed E-state index contributed by atoms with van der Waals surface area (Å²) in [6.07, 6.45) is 10.6. The molecular formula is C14H34N4. The quantitative estimate of drug-likeness (QED) is 0.303. The van der Waals surface area contributed by atoms with Gasteiger partial charge < -0.3 is 0 Å². The predicted molar refractivity (Wildman–Crippen MR) is 79.8 cm³/mol. The second-order valence-electron chi connectivity index (χ2n) is 5.09. The van der Waals surface area contributed by atoms with Gasteiger partial charge in [-0.1, -0.05) is 52.4 Å². The third kappa shape index (κ3) is 12.3. The summed E-state index contributed by atoms with van der Waals surface area (Å²) >= 11 is 0. The van der Waals surface area contributed by atoms with Crippen LogP contribution in [0.1, 0.15) is 65.2 Å². The molecule has 0 saturated heterocycles. The molecule has 110 valence electrons. The lowest BCUT2D eigenvalue weighted by atomic mass is 10.1. The molecule has 4 heteroatoms. The lowest BCUT2D eigenvalue weighted by molar-refractivity contribution is 0.288. The first-order chi connectivity index (χ1) is 8.70. The highest BCUT2D eigenvalue weighted by Crippen LogP contribution is 2.08. The van der Waals surface area contributed by atoms with Gasteiger partial charge in [-0.05, 0) is 12.8 Å². The minimum absolute atomic E-state index is 0.954. The van der Waals surface area contributed by atoms with Gasteiger partial charge in [0.2, 0.25) is 0 Å². The maximum atomic E-state index is 5.72. The van der Waals surface area contributed by atoms with Crippen LogP contribution in [0.5, 0.6) is 0 Å². The second-order valence-corrected chi connectivity index (χ2v) is 5.09. The Morgan fingerprint density at radius 2 is 0.833 bits per heavy atom. The summed E-state index contributed by atoms with van der Waals surface area (Å²) in [7, 11) is 0. The Labute approximate surface area is 114 Å². The van der Waals surface area contributed by atoms with Gasteiger partial charge in [0.15, 0.2) is 0 Å². The Bertz CT molecular complexity index is 146. The van der Waals surface area contributed by atoms with E-state index in [4.69, 9.17) is 11.7 Å². The Kier molecular flexibility index (Phi) is 13.2. The Hall–Kier alpha value is -0.160. The van der Waals surface area contributed by atoms with Crippen LogP contribution in [0.2, 0.25) is 0 Å². The zero-order chi connectivity index (χ0) is 13.6. The molecule has 0 atom stereocenters. The largest absolute Gasteiger partial charge is 0.269 e. The molecule has 18 heavy (non-hydrogen) atoms. The van der Waals surface area contributed by atoms with Gasteiger partial charge in [0.1, 0.15) is 0 Å². The van der Waals surface area contributed by atoms with Gasteiger partial charge >= 0.3 is 0 Å². The number of hydrogen-bond acceptors (Lipinski definition) is 4. The summed E-state index contributed by atoms with van der Waals surface area (Å²) in [6, 6.07) is 0. The second kappa shape index (κ2) is 13.3. The number of unbranched alkanes of at least 4 members (excludes halogenated alkanes) is 7. The van der Waals surface area contributed by atoms with E-state index >= 15 is 0 Å². The Morgan fingerprint density at radius 1 is 0.556 bits per heavy atom. The maximum Gasteiger partial charge on any atom is 0.0128 e. The van der Waals surface area contributed by atoms with E-state index in [1.54, 1.807) is 0 Å². The topological polar surface area (TPSA) is 58.5 Å². The average molecular weight is 258 g/mol. The molecule has 0 aliphatic carbocycles. The van der Waals surface area contributed by atoms with E-state index in [2.05, 4.69) is 13.8 Å². The third-order valence-electron chi connectivity index (χ3n) is 3.45. The van der Waals surface area contributed by atoms with Crippen molar-refractivity contribution in [1.29, 1.82) is 0 Å². The van der Waals surface area contributed by atoms with Crippen molar-refractivity contribution in [2.45, 2.75) is 65.2 Å². The van der Waals surface area contributed by atoms with Crippen molar-refractivity contribution < 1.29 is 0 Å². The number of nitrogens with zero attached hydrogens (tertiary/aromatic N) is 2. The highest BCUT2D eigenvalue weighted by atomic mass is 15.4. The van der Waals surface area contributed by atoms with E-state index < -0.39 is 0 Å². The van der Waals surface area contributed by atoms with Crippen LogP contribution < -0.4 is 11.7 Å². The minimum atomic E-state index is 0.954. The highest BCUT2D eigenvalue weighted by molar-refractivity contribution is 4.51. The zero-order valence-electron chi connectivity index (χ0n) is 12.5. The van der Waals surface area contributed by atoms with E-state index in [0.29, 0.717) is 0 Å². The summed E-state index contributed by atoms with van der Waals surface area (Å²) in [5.74, 6) is 11.4. The smallest absolute Gasteiger partial charge is 0.0128 e. The monoisotopic (exact) mass is 258 g/mol. The van der Waals surface area contributed by atoms with Gasteiger partial charge in [0.05, 0.1) is 0 Å². The number of hydrogen-bond donors (Lipinski definition) is 2. The van der Waals surface area contributed by atoms with E-state index in [1.807, 2.05) is 10.0 Å². The molecule has 0 radical (unpaired) electrons. The maximum absolute atomic E-state index is 5.72. The Balaban J connectivity index is 3.03. The fourth-order valence-electron chi connectivity index (χ4n) is 2.01. The molecule has 0 rings (SSSR count). The molecular weight excluding hydrogens is 224 g/mol. The lowest BCUT2D eigenvalue weighted by Gasteiger charge is -2.13. The van der Waals surface area contributed by atoms with Crippen LogP contribution in [-0.2, 0) is 0 Å². The molecule has 0 bridgehead atoms. The van der Waals surface area contributed by atoms with Crippen LogP contribution in [0, 0.1) is 0 Å². The molecule has 0 aliphatic heterocycles.